The summed E-state index contributed by atoms with van der Waals surface area (Å²) < 4.78 is 0. The molecule has 0 aromatic carbocycles. The van der Waals surface area contributed by atoms with Gasteiger partial charge >= 0.3 is 0 Å². The topological polar surface area (TPSA) is 50.4 Å². The molecule has 1 heterocycles. The van der Waals surface area contributed by atoms with Crippen molar-refractivity contribution in [2.24, 2.45) is 28.5 Å². The van der Waals surface area contributed by atoms with Crippen LogP contribution in [0.4, 0.5) is 0 Å². The second-order valence-electron chi connectivity index (χ2n) is 5.72. The molecule has 0 radical (unpaired) electrons. The van der Waals surface area contributed by atoms with Crippen LogP contribution in [0.1, 0.15) is 40.0 Å². The van der Waals surface area contributed by atoms with Gasteiger partial charge in [0.25, 0.3) is 0 Å². The molecule has 3 heteroatoms. The summed E-state index contributed by atoms with van der Waals surface area (Å²) in [6.07, 6.45) is 3.89. The third-order valence-electron chi connectivity index (χ3n) is 4.11. The van der Waals surface area contributed by atoms with E-state index in [0.717, 1.165) is 18.4 Å². The number of aliphatic imine (C=N–C) groups is 1. The van der Waals surface area contributed by atoms with Gasteiger partial charge < -0.3 is 11.1 Å². The fourth-order valence-corrected chi connectivity index (χ4v) is 3.47. The molecule has 1 aliphatic carbocycles. The molecule has 0 aromatic heterocycles. The minimum absolute atomic E-state index is 0.177. The number of nitrogens with zero attached hydrogens (tertiary/aromatic N) is 1. The lowest BCUT2D eigenvalue weighted by Crippen LogP contribution is -2.57. The molecule has 3 nitrogen and oxygen atoms in total. The summed E-state index contributed by atoms with van der Waals surface area (Å²) in [5.74, 6) is 2.88. The van der Waals surface area contributed by atoms with E-state index in [1.54, 1.807) is 0 Å². The van der Waals surface area contributed by atoms with Crippen molar-refractivity contribution < 1.29 is 0 Å². The van der Waals surface area contributed by atoms with Crippen LogP contribution in [-0.4, -0.2) is 18.0 Å². The Morgan fingerprint density at radius 3 is 2.73 bits per heavy atom. The van der Waals surface area contributed by atoms with Gasteiger partial charge in [-0.05, 0) is 30.6 Å². The first-order valence-electron chi connectivity index (χ1n) is 6.11. The normalized spacial score (nSPS) is 40.7. The standard InChI is InChI=1S/C12H23N3/c1-8(2)10-5-4-9(3)6-12(10)7-14-11(13)15-12/h8-10H,4-7H2,1-3H3,(H3,13,14,15). The predicted octanol–water partition coefficient (Wildman–Crippen LogP) is 1.74. The molecule has 86 valence electrons. The molecule has 2 rings (SSSR count). The van der Waals surface area contributed by atoms with Crippen LogP contribution in [-0.2, 0) is 0 Å². The zero-order chi connectivity index (χ0) is 11.1. The van der Waals surface area contributed by atoms with Crippen molar-refractivity contribution in [1.82, 2.24) is 5.32 Å². The number of guanidine groups is 1. The molecule has 3 N–H and O–H groups in total. The first-order valence-corrected chi connectivity index (χ1v) is 6.11. The number of nitrogens with two attached hydrogens (primary N) is 1. The van der Waals surface area contributed by atoms with E-state index in [-0.39, 0.29) is 5.54 Å². The summed E-state index contributed by atoms with van der Waals surface area (Å²) in [4.78, 5) is 4.36. The van der Waals surface area contributed by atoms with Gasteiger partial charge in [0.2, 0.25) is 0 Å². The highest BCUT2D eigenvalue weighted by Crippen LogP contribution is 2.42. The molecule has 3 atom stereocenters. The summed E-state index contributed by atoms with van der Waals surface area (Å²) in [5.41, 5.74) is 5.96. The third-order valence-corrected chi connectivity index (χ3v) is 4.11. The van der Waals surface area contributed by atoms with Gasteiger partial charge in [-0.3, -0.25) is 4.99 Å². The molecule has 0 bridgehead atoms. The van der Waals surface area contributed by atoms with Crippen LogP contribution in [0.25, 0.3) is 0 Å². The smallest absolute Gasteiger partial charge is 0.189 e. The minimum atomic E-state index is 0.177. The second kappa shape index (κ2) is 3.69. The highest BCUT2D eigenvalue weighted by Gasteiger charge is 2.46. The fourth-order valence-electron chi connectivity index (χ4n) is 3.47. The van der Waals surface area contributed by atoms with Crippen LogP contribution in [0.15, 0.2) is 4.99 Å². The average Bonchev–Trinajstić information content (AvgIpc) is 2.47. The Morgan fingerprint density at radius 1 is 1.47 bits per heavy atom. The number of nitrogens with one attached hydrogen (secondary N) is 1. The molecule has 0 aromatic rings. The molecule has 0 saturated heterocycles. The Labute approximate surface area is 92.5 Å². The average molecular weight is 209 g/mol. The van der Waals surface area contributed by atoms with Crippen LogP contribution in [0.3, 0.4) is 0 Å². The van der Waals surface area contributed by atoms with E-state index in [0.29, 0.717) is 11.9 Å². The summed E-state index contributed by atoms with van der Waals surface area (Å²) in [6.45, 7) is 7.86. The molecular formula is C12H23N3. The van der Waals surface area contributed by atoms with Crippen LogP contribution < -0.4 is 11.1 Å². The Morgan fingerprint density at radius 2 is 2.20 bits per heavy atom. The quantitative estimate of drug-likeness (QED) is 0.691. The first kappa shape index (κ1) is 10.8. The largest absolute Gasteiger partial charge is 0.370 e. The lowest BCUT2D eigenvalue weighted by atomic mass is 9.65. The van der Waals surface area contributed by atoms with Crippen molar-refractivity contribution in [2.45, 2.75) is 45.6 Å². The summed E-state index contributed by atoms with van der Waals surface area (Å²) in [7, 11) is 0. The molecule has 1 aliphatic heterocycles. The minimum Gasteiger partial charge on any atom is -0.370 e. The van der Waals surface area contributed by atoms with E-state index >= 15 is 0 Å². The molecule has 15 heavy (non-hydrogen) atoms. The molecule has 2 aliphatic rings. The van der Waals surface area contributed by atoms with Gasteiger partial charge in [-0.2, -0.15) is 0 Å². The number of rotatable bonds is 1. The first-order chi connectivity index (χ1) is 7.03. The maximum absolute atomic E-state index is 5.79. The molecule has 1 spiro atoms. The SMILES string of the molecule is CC1CCC(C(C)C)C2(CN=C(N)N2)C1. The van der Waals surface area contributed by atoms with E-state index in [2.05, 4.69) is 31.1 Å². The van der Waals surface area contributed by atoms with E-state index in [1.807, 2.05) is 0 Å². The lowest BCUT2D eigenvalue weighted by molar-refractivity contribution is 0.106. The van der Waals surface area contributed by atoms with E-state index < -0.39 is 0 Å². The Bertz CT molecular complexity index is 272. The molecular weight excluding hydrogens is 186 g/mol. The molecule has 1 fully saturated rings. The van der Waals surface area contributed by atoms with Crippen LogP contribution in [0.2, 0.25) is 0 Å². The van der Waals surface area contributed by atoms with Crippen LogP contribution in [0.5, 0.6) is 0 Å². The van der Waals surface area contributed by atoms with Crippen molar-refractivity contribution in [3.8, 4) is 0 Å². The summed E-state index contributed by atoms with van der Waals surface area (Å²) >= 11 is 0. The lowest BCUT2D eigenvalue weighted by Gasteiger charge is -2.45. The number of hydrogen-bond acceptors (Lipinski definition) is 3. The van der Waals surface area contributed by atoms with Gasteiger partial charge in [0.05, 0.1) is 12.1 Å². The second-order valence-corrected chi connectivity index (χ2v) is 5.72. The van der Waals surface area contributed by atoms with Crippen molar-refractivity contribution in [1.29, 1.82) is 0 Å². The monoisotopic (exact) mass is 209 g/mol. The zero-order valence-electron chi connectivity index (χ0n) is 10.1. The van der Waals surface area contributed by atoms with Crippen molar-refractivity contribution >= 4 is 5.96 Å². The van der Waals surface area contributed by atoms with E-state index in [4.69, 9.17) is 5.73 Å². The van der Waals surface area contributed by atoms with Gasteiger partial charge in [-0.15, -0.1) is 0 Å². The van der Waals surface area contributed by atoms with Gasteiger partial charge in [-0.25, -0.2) is 0 Å². The highest BCUT2D eigenvalue weighted by atomic mass is 15.2. The maximum atomic E-state index is 5.79. The predicted molar refractivity (Wildman–Crippen MR) is 63.7 cm³/mol. The van der Waals surface area contributed by atoms with Crippen molar-refractivity contribution in [3.63, 3.8) is 0 Å². The third kappa shape index (κ3) is 1.84. The highest BCUT2D eigenvalue weighted by molar-refractivity contribution is 5.80. The van der Waals surface area contributed by atoms with Crippen LogP contribution >= 0.6 is 0 Å². The maximum Gasteiger partial charge on any atom is 0.189 e. The van der Waals surface area contributed by atoms with Crippen molar-refractivity contribution in [3.05, 3.63) is 0 Å². The Balaban J connectivity index is 2.17. The summed E-state index contributed by atoms with van der Waals surface area (Å²) in [5, 5.41) is 3.46. The van der Waals surface area contributed by atoms with Gasteiger partial charge in [0.1, 0.15) is 0 Å². The molecule has 1 saturated carbocycles. The Kier molecular flexibility index (Phi) is 2.65. The van der Waals surface area contributed by atoms with Gasteiger partial charge in [-0.1, -0.05) is 27.2 Å². The van der Waals surface area contributed by atoms with Crippen molar-refractivity contribution in [2.75, 3.05) is 6.54 Å². The molecule has 3 unspecified atom stereocenters. The van der Waals surface area contributed by atoms with E-state index in [9.17, 15) is 0 Å². The molecule has 0 amide bonds. The van der Waals surface area contributed by atoms with Gasteiger partial charge in [0, 0.05) is 0 Å². The van der Waals surface area contributed by atoms with Crippen LogP contribution in [0, 0.1) is 17.8 Å². The zero-order valence-corrected chi connectivity index (χ0v) is 10.1. The van der Waals surface area contributed by atoms with E-state index in [1.165, 1.54) is 19.3 Å². The fraction of sp³-hybridized carbons (Fsp3) is 0.917. The van der Waals surface area contributed by atoms with Gasteiger partial charge in [0.15, 0.2) is 5.96 Å². The number of hydrogen-bond donors (Lipinski definition) is 2. The summed E-state index contributed by atoms with van der Waals surface area (Å²) in [6, 6.07) is 0. The Hall–Kier alpha value is -0.730.